The van der Waals surface area contributed by atoms with E-state index in [1.54, 1.807) is 31.2 Å². The molecule has 12 heteroatoms. The van der Waals surface area contributed by atoms with Crippen molar-refractivity contribution in [2.75, 3.05) is 11.9 Å². The normalized spacial score (nSPS) is 18.9. The quantitative estimate of drug-likeness (QED) is 0.408. The maximum Gasteiger partial charge on any atom is 0.533 e. The van der Waals surface area contributed by atoms with E-state index in [9.17, 15) is 32.5 Å². The number of hydroxylamine groups is 2. The van der Waals surface area contributed by atoms with Gasteiger partial charge in [-0.05, 0) is 46.5 Å². The molecule has 2 unspecified atom stereocenters. The number of fused-ring (bicyclic) bond motifs is 3. The van der Waals surface area contributed by atoms with Crippen LogP contribution >= 0.6 is 0 Å². The number of carbonyl (C=O) groups excluding carboxylic acids is 3. The van der Waals surface area contributed by atoms with E-state index in [2.05, 4.69) is 5.32 Å². The second-order valence-corrected chi connectivity index (χ2v) is 9.29. The summed E-state index contributed by atoms with van der Waals surface area (Å²) in [6, 6.07) is 9.25. The van der Waals surface area contributed by atoms with Gasteiger partial charge < -0.3 is 20.0 Å². The molecule has 2 aromatic carbocycles. The van der Waals surface area contributed by atoms with Crippen LogP contribution in [0.5, 0.6) is 0 Å². The molecule has 4 rings (SSSR count). The molecule has 1 aliphatic heterocycles. The van der Waals surface area contributed by atoms with E-state index in [4.69, 9.17) is 9.57 Å². The molecule has 180 valence electrons. The number of hydrogen-bond acceptors (Lipinski definition) is 8. The average Bonchev–Trinajstić information content (AvgIpc) is 3.27. The first kappa shape index (κ1) is 23.7. The fraction of sp³-hybridized carbons (Fsp3) is 0.318. The Morgan fingerprint density at radius 3 is 2.44 bits per heavy atom. The zero-order valence-corrected chi connectivity index (χ0v) is 18.9. The van der Waals surface area contributed by atoms with Crippen molar-refractivity contribution in [3.8, 4) is 11.1 Å². The van der Waals surface area contributed by atoms with E-state index >= 15 is 0 Å². The van der Waals surface area contributed by atoms with Crippen LogP contribution in [0.1, 0.15) is 43.2 Å². The molecule has 0 aromatic heterocycles. The van der Waals surface area contributed by atoms with E-state index in [0.717, 1.165) is 5.56 Å². The van der Waals surface area contributed by atoms with E-state index in [-0.39, 0.29) is 36.7 Å². The van der Waals surface area contributed by atoms with Gasteiger partial charge in [0.05, 0.1) is 4.90 Å². The first-order chi connectivity index (χ1) is 16.1. The van der Waals surface area contributed by atoms with Gasteiger partial charge in [-0.3, -0.25) is 14.1 Å². The summed E-state index contributed by atoms with van der Waals surface area (Å²) < 4.78 is 38.0. The van der Waals surface area contributed by atoms with Gasteiger partial charge in [-0.15, -0.1) is 5.06 Å². The van der Waals surface area contributed by atoms with Crippen molar-refractivity contribution in [1.29, 1.82) is 0 Å². The highest BCUT2D eigenvalue weighted by atomic mass is 32.2. The zero-order chi connectivity index (χ0) is 24.6. The molecule has 1 aliphatic carbocycles. The van der Waals surface area contributed by atoms with Crippen molar-refractivity contribution >= 4 is 33.8 Å². The molecule has 0 radical (unpaired) electrons. The number of hydrogen-bond donors (Lipinski definition) is 3. The lowest BCUT2D eigenvalue weighted by molar-refractivity contribution is -0.199. The standard InChI is InChI=1S/C22H22N2O9S/c1-2-19(25)23-12-3-5-14-15-6-4-13(34(29,30)31)10-17(15)18(16(14)9-12)11-32-22(28)33-24-20(26)7-8-21(24)27/h3-6,9-10,18,20,26H,2,7-8,11H2,1H3,(H,23,25)(H,29,30,31). The van der Waals surface area contributed by atoms with E-state index < -0.39 is 34.3 Å². The lowest BCUT2D eigenvalue weighted by Crippen LogP contribution is -2.35. The van der Waals surface area contributed by atoms with Crippen LogP contribution in [0.2, 0.25) is 0 Å². The third-order valence-corrected chi connectivity index (χ3v) is 6.54. The summed E-state index contributed by atoms with van der Waals surface area (Å²) in [6.07, 6.45) is -2.04. The lowest BCUT2D eigenvalue weighted by atomic mass is 9.97. The summed E-state index contributed by atoms with van der Waals surface area (Å²) in [7, 11) is -4.48. The van der Waals surface area contributed by atoms with Crippen molar-refractivity contribution in [3.63, 3.8) is 0 Å². The fourth-order valence-corrected chi connectivity index (χ4v) is 4.54. The average molecular weight is 490 g/mol. The highest BCUT2D eigenvalue weighted by molar-refractivity contribution is 7.85. The number of anilines is 1. The predicted octanol–water partition coefficient (Wildman–Crippen LogP) is 2.40. The molecular weight excluding hydrogens is 468 g/mol. The highest BCUT2D eigenvalue weighted by Gasteiger charge is 2.35. The molecule has 1 fully saturated rings. The van der Waals surface area contributed by atoms with Crippen LogP contribution in [0.25, 0.3) is 11.1 Å². The number of aliphatic hydroxyl groups excluding tert-OH is 1. The summed E-state index contributed by atoms with van der Waals surface area (Å²) in [5.41, 5.74) is 3.05. The van der Waals surface area contributed by atoms with Gasteiger partial charge in [0.25, 0.3) is 16.0 Å². The highest BCUT2D eigenvalue weighted by Crippen LogP contribution is 2.46. The van der Waals surface area contributed by atoms with Crippen LogP contribution in [-0.2, 0) is 29.3 Å². The molecule has 3 N–H and O–H groups in total. The van der Waals surface area contributed by atoms with Crippen LogP contribution in [0.15, 0.2) is 41.3 Å². The summed E-state index contributed by atoms with van der Waals surface area (Å²) >= 11 is 0. The first-order valence-electron chi connectivity index (χ1n) is 10.5. The Balaban J connectivity index is 1.63. The van der Waals surface area contributed by atoms with E-state index in [0.29, 0.717) is 27.4 Å². The summed E-state index contributed by atoms with van der Waals surface area (Å²) in [6.45, 7) is 1.41. The minimum Gasteiger partial charge on any atom is -0.432 e. The maximum atomic E-state index is 12.2. The Bertz CT molecular complexity index is 1280. The number of rotatable bonds is 6. The van der Waals surface area contributed by atoms with Crippen LogP contribution in [0.4, 0.5) is 10.5 Å². The summed E-state index contributed by atoms with van der Waals surface area (Å²) in [4.78, 5) is 40.2. The van der Waals surface area contributed by atoms with Crippen LogP contribution < -0.4 is 5.32 Å². The van der Waals surface area contributed by atoms with Gasteiger partial charge in [-0.1, -0.05) is 19.1 Å². The number of nitrogens with zero attached hydrogens (tertiary/aromatic N) is 1. The Hall–Kier alpha value is -3.48. The monoisotopic (exact) mass is 490 g/mol. The fourth-order valence-electron chi connectivity index (χ4n) is 4.02. The number of ether oxygens (including phenoxy) is 1. The molecule has 2 amide bonds. The first-order valence-corrected chi connectivity index (χ1v) is 11.9. The zero-order valence-electron chi connectivity index (χ0n) is 18.1. The molecule has 0 bridgehead atoms. The number of nitrogens with one attached hydrogen (secondary N) is 1. The van der Waals surface area contributed by atoms with Gasteiger partial charge >= 0.3 is 6.16 Å². The molecule has 0 saturated carbocycles. The molecule has 34 heavy (non-hydrogen) atoms. The number of aliphatic hydroxyl groups is 1. The van der Waals surface area contributed by atoms with E-state index in [1.807, 2.05) is 0 Å². The Morgan fingerprint density at radius 1 is 1.15 bits per heavy atom. The third kappa shape index (κ3) is 4.60. The minimum atomic E-state index is -4.48. The molecule has 1 saturated heterocycles. The van der Waals surface area contributed by atoms with Gasteiger partial charge in [0.15, 0.2) is 6.23 Å². The number of carbonyl (C=O) groups is 3. The molecular formula is C22H22N2O9S. The Morgan fingerprint density at radius 2 is 1.82 bits per heavy atom. The molecule has 0 spiro atoms. The third-order valence-electron chi connectivity index (χ3n) is 5.69. The number of benzene rings is 2. The maximum absolute atomic E-state index is 12.2. The second-order valence-electron chi connectivity index (χ2n) is 7.87. The number of amides is 2. The van der Waals surface area contributed by atoms with Gasteiger partial charge in [0.2, 0.25) is 5.91 Å². The van der Waals surface area contributed by atoms with Gasteiger partial charge in [0.1, 0.15) is 6.61 Å². The predicted molar refractivity (Wildman–Crippen MR) is 117 cm³/mol. The van der Waals surface area contributed by atoms with Crippen LogP contribution in [-0.4, -0.2) is 53.9 Å². The van der Waals surface area contributed by atoms with Crippen molar-refractivity contribution < 1.29 is 42.0 Å². The molecule has 2 aromatic rings. The smallest absolute Gasteiger partial charge is 0.432 e. The Kier molecular flexibility index (Phi) is 6.30. The van der Waals surface area contributed by atoms with Crippen LogP contribution in [0, 0.1) is 0 Å². The van der Waals surface area contributed by atoms with Crippen molar-refractivity contribution in [2.24, 2.45) is 0 Å². The Labute approximate surface area is 195 Å². The topological polar surface area (TPSA) is 160 Å². The minimum absolute atomic E-state index is 0.0302. The van der Waals surface area contributed by atoms with Gasteiger partial charge in [-0.2, -0.15) is 8.42 Å². The summed E-state index contributed by atoms with van der Waals surface area (Å²) in [5, 5.41) is 13.0. The SMILES string of the molecule is CCC(=O)Nc1ccc2c(c1)C(COC(=O)ON1C(=O)CCC1O)c1cc(S(=O)(=O)O)ccc1-2. The van der Waals surface area contributed by atoms with Crippen LogP contribution in [0.3, 0.4) is 0 Å². The second kappa shape index (κ2) is 9.05. The van der Waals surface area contributed by atoms with Crippen molar-refractivity contribution in [2.45, 2.75) is 43.2 Å². The molecule has 2 aliphatic rings. The van der Waals surface area contributed by atoms with E-state index in [1.165, 1.54) is 12.1 Å². The van der Waals surface area contributed by atoms with Gasteiger partial charge in [-0.25, -0.2) is 4.79 Å². The van der Waals surface area contributed by atoms with Crippen molar-refractivity contribution in [3.05, 3.63) is 47.5 Å². The molecule has 11 nitrogen and oxygen atoms in total. The van der Waals surface area contributed by atoms with Gasteiger partial charge in [0, 0.05) is 30.9 Å². The largest absolute Gasteiger partial charge is 0.533 e. The van der Waals surface area contributed by atoms with Crippen molar-refractivity contribution in [1.82, 2.24) is 5.06 Å². The molecule has 1 heterocycles. The molecule has 2 atom stereocenters. The lowest BCUT2D eigenvalue weighted by Gasteiger charge is -2.19. The summed E-state index contributed by atoms with van der Waals surface area (Å²) in [5.74, 6) is -1.42.